The third kappa shape index (κ3) is 3.47. The summed E-state index contributed by atoms with van der Waals surface area (Å²) in [5.74, 6) is 1.33. The molecule has 0 spiro atoms. The SMILES string of the molecule is COC1=N[C@H](C(C)C)C(OC)=N[C@H]1[C@@H](OC)c1ccc(C2(F)CC2)cc1. The van der Waals surface area contributed by atoms with Crippen molar-refractivity contribution in [2.24, 2.45) is 15.9 Å². The first-order valence-corrected chi connectivity index (χ1v) is 8.99. The molecule has 1 saturated carbocycles. The average Bonchev–Trinajstić information content (AvgIpc) is 3.41. The number of hydrogen-bond donors (Lipinski definition) is 0. The van der Waals surface area contributed by atoms with Crippen molar-refractivity contribution in [3.63, 3.8) is 0 Å². The number of alkyl halides is 1. The molecule has 1 heterocycles. The Morgan fingerprint density at radius 1 is 0.962 bits per heavy atom. The van der Waals surface area contributed by atoms with Gasteiger partial charge in [0, 0.05) is 7.11 Å². The van der Waals surface area contributed by atoms with Gasteiger partial charge in [-0.05, 0) is 29.9 Å². The Morgan fingerprint density at radius 2 is 1.50 bits per heavy atom. The van der Waals surface area contributed by atoms with Gasteiger partial charge in [0.25, 0.3) is 0 Å². The van der Waals surface area contributed by atoms with E-state index < -0.39 is 17.8 Å². The molecule has 1 aromatic rings. The van der Waals surface area contributed by atoms with Crippen LogP contribution in [-0.2, 0) is 19.9 Å². The standard InChI is InChI=1S/C20H27FN2O3/c1-12(2)15-18(25-4)23-16(19(22-15)26-5)17(24-3)13-6-8-14(9-7-13)20(21)10-11-20/h6-9,12,15-17H,10-11H2,1-5H3/t15-,16+,17+/m1/s1. The van der Waals surface area contributed by atoms with Gasteiger partial charge in [-0.1, -0.05) is 38.1 Å². The highest BCUT2D eigenvalue weighted by molar-refractivity contribution is 5.94. The molecule has 6 heteroatoms. The molecule has 0 aromatic heterocycles. The molecule has 0 bridgehead atoms. The van der Waals surface area contributed by atoms with E-state index in [2.05, 4.69) is 13.8 Å². The van der Waals surface area contributed by atoms with Gasteiger partial charge >= 0.3 is 0 Å². The summed E-state index contributed by atoms with van der Waals surface area (Å²) >= 11 is 0. The van der Waals surface area contributed by atoms with Crippen LogP contribution in [0.1, 0.15) is 43.9 Å². The average molecular weight is 362 g/mol. The Morgan fingerprint density at radius 3 is 1.96 bits per heavy atom. The van der Waals surface area contributed by atoms with Crippen LogP contribution in [-0.4, -0.2) is 45.2 Å². The Bertz CT molecular complexity index is 696. The molecule has 0 amide bonds. The van der Waals surface area contributed by atoms with Crippen molar-refractivity contribution in [3.05, 3.63) is 35.4 Å². The van der Waals surface area contributed by atoms with Crippen LogP contribution in [0.3, 0.4) is 0 Å². The molecule has 0 saturated heterocycles. The number of hydrogen-bond acceptors (Lipinski definition) is 5. The van der Waals surface area contributed by atoms with Gasteiger partial charge < -0.3 is 14.2 Å². The zero-order chi connectivity index (χ0) is 18.9. The fourth-order valence-corrected chi connectivity index (χ4v) is 3.33. The van der Waals surface area contributed by atoms with Crippen molar-refractivity contribution < 1.29 is 18.6 Å². The minimum atomic E-state index is -1.14. The summed E-state index contributed by atoms with van der Waals surface area (Å²) in [6.45, 7) is 4.13. The number of benzene rings is 1. The van der Waals surface area contributed by atoms with Gasteiger partial charge in [0.1, 0.15) is 17.8 Å². The molecule has 142 valence electrons. The highest BCUT2D eigenvalue weighted by Gasteiger charge is 2.45. The van der Waals surface area contributed by atoms with Gasteiger partial charge in [-0.3, -0.25) is 0 Å². The molecule has 0 unspecified atom stereocenters. The van der Waals surface area contributed by atoms with Crippen molar-refractivity contribution in [1.29, 1.82) is 0 Å². The fourth-order valence-electron chi connectivity index (χ4n) is 3.33. The molecule has 0 N–H and O–H groups in total. The van der Waals surface area contributed by atoms with Crippen LogP contribution in [0.2, 0.25) is 0 Å². The molecule has 1 aliphatic heterocycles. The van der Waals surface area contributed by atoms with E-state index in [1.165, 1.54) is 0 Å². The van der Waals surface area contributed by atoms with Gasteiger partial charge in [0.15, 0.2) is 6.04 Å². The number of aliphatic imine (C=N–C) groups is 2. The lowest BCUT2D eigenvalue weighted by Gasteiger charge is -2.31. The third-order valence-electron chi connectivity index (χ3n) is 5.07. The molecule has 5 nitrogen and oxygen atoms in total. The second-order valence-corrected chi connectivity index (χ2v) is 7.22. The minimum absolute atomic E-state index is 0.174. The Balaban J connectivity index is 1.90. The topological polar surface area (TPSA) is 52.4 Å². The zero-order valence-corrected chi connectivity index (χ0v) is 16.0. The van der Waals surface area contributed by atoms with Crippen molar-refractivity contribution >= 4 is 11.8 Å². The van der Waals surface area contributed by atoms with Crippen LogP contribution in [0.5, 0.6) is 0 Å². The first-order valence-electron chi connectivity index (χ1n) is 8.99. The molecule has 0 radical (unpaired) electrons. The van der Waals surface area contributed by atoms with E-state index in [0.717, 1.165) is 11.1 Å². The number of methoxy groups -OCH3 is 3. The molecule has 3 rings (SSSR count). The van der Waals surface area contributed by atoms with E-state index in [1.54, 1.807) is 21.3 Å². The summed E-state index contributed by atoms with van der Waals surface area (Å²) in [6.07, 6.45) is 0.804. The maximum atomic E-state index is 14.2. The fraction of sp³-hybridized carbons (Fsp3) is 0.600. The highest BCUT2D eigenvalue weighted by atomic mass is 19.1. The zero-order valence-electron chi connectivity index (χ0n) is 16.0. The van der Waals surface area contributed by atoms with Gasteiger partial charge in [0.05, 0.1) is 14.2 Å². The largest absolute Gasteiger partial charge is 0.483 e. The number of nitrogens with zero attached hydrogens (tertiary/aromatic N) is 2. The first-order chi connectivity index (χ1) is 12.4. The number of rotatable bonds is 5. The Kier molecular flexibility index (Phi) is 5.32. The van der Waals surface area contributed by atoms with Crippen molar-refractivity contribution in [2.45, 2.75) is 50.5 Å². The monoisotopic (exact) mass is 362 g/mol. The Hall–Kier alpha value is -1.95. The predicted octanol–water partition coefficient (Wildman–Crippen LogP) is 3.83. The molecule has 2 aliphatic rings. The molecular weight excluding hydrogens is 335 g/mol. The lowest BCUT2D eigenvalue weighted by molar-refractivity contribution is 0.0896. The summed E-state index contributed by atoms with van der Waals surface area (Å²) in [6, 6.07) is 6.84. The van der Waals surface area contributed by atoms with Crippen LogP contribution in [0, 0.1) is 5.92 Å². The minimum Gasteiger partial charge on any atom is -0.483 e. The second-order valence-electron chi connectivity index (χ2n) is 7.22. The second kappa shape index (κ2) is 7.35. The summed E-state index contributed by atoms with van der Waals surface area (Å²) in [7, 11) is 4.82. The lowest BCUT2D eigenvalue weighted by atomic mass is 9.96. The van der Waals surface area contributed by atoms with E-state index in [1.807, 2.05) is 24.3 Å². The van der Waals surface area contributed by atoms with E-state index in [-0.39, 0.29) is 12.0 Å². The van der Waals surface area contributed by atoms with Crippen molar-refractivity contribution in [2.75, 3.05) is 21.3 Å². The molecule has 3 atom stereocenters. The summed E-state index contributed by atoms with van der Waals surface area (Å²) < 4.78 is 30.9. The van der Waals surface area contributed by atoms with Crippen LogP contribution >= 0.6 is 0 Å². The van der Waals surface area contributed by atoms with E-state index in [4.69, 9.17) is 24.2 Å². The highest BCUT2D eigenvalue weighted by Crippen LogP contribution is 2.49. The van der Waals surface area contributed by atoms with Gasteiger partial charge in [-0.15, -0.1) is 0 Å². The van der Waals surface area contributed by atoms with Crippen LogP contribution < -0.4 is 0 Å². The van der Waals surface area contributed by atoms with E-state index >= 15 is 0 Å². The summed E-state index contributed by atoms with van der Waals surface area (Å²) in [4.78, 5) is 9.42. The molecule has 26 heavy (non-hydrogen) atoms. The van der Waals surface area contributed by atoms with Gasteiger partial charge in [-0.2, -0.15) is 0 Å². The quantitative estimate of drug-likeness (QED) is 0.800. The number of ether oxygens (including phenoxy) is 3. The van der Waals surface area contributed by atoms with Crippen molar-refractivity contribution in [1.82, 2.24) is 0 Å². The van der Waals surface area contributed by atoms with Crippen LogP contribution in [0.15, 0.2) is 34.3 Å². The lowest BCUT2D eigenvalue weighted by Crippen LogP contribution is -2.40. The molecule has 1 aromatic carbocycles. The van der Waals surface area contributed by atoms with Gasteiger partial charge in [0.2, 0.25) is 11.8 Å². The molecular formula is C20H27FN2O3. The van der Waals surface area contributed by atoms with Crippen LogP contribution in [0.4, 0.5) is 4.39 Å². The Labute approximate surface area is 154 Å². The number of halogens is 1. The normalized spacial score (nSPS) is 25.3. The summed E-state index contributed by atoms with van der Waals surface area (Å²) in [5, 5.41) is 0. The van der Waals surface area contributed by atoms with Crippen molar-refractivity contribution in [3.8, 4) is 0 Å². The maximum Gasteiger partial charge on any atom is 0.212 e. The van der Waals surface area contributed by atoms with Gasteiger partial charge in [-0.25, -0.2) is 14.4 Å². The summed E-state index contributed by atoms with van der Waals surface area (Å²) in [5.41, 5.74) is 0.482. The smallest absolute Gasteiger partial charge is 0.212 e. The van der Waals surface area contributed by atoms with E-state index in [0.29, 0.717) is 24.6 Å². The third-order valence-corrected chi connectivity index (χ3v) is 5.07. The maximum absolute atomic E-state index is 14.2. The predicted molar refractivity (Wildman–Crippen MR) is 99.5 cm³/mol. The first kappa shape index (κ1) is 18.8. The van der Waals surface area contributed by atoms with E-state index in [9.17, 15) is 4.39 Å². The molecule has 1 fully saturated rings. The van der Waals surface area contributed by atoms with Crippen LogP contribution in [0.25, 0.3) is 0 Å². The molecule has 1 aliphatic carbocycles.